The molecule has 0 bridgehead atoms. The third-order valence-corrected chi connectivity index (χ3v) is 5.81. The lowest BCUT2D eigenvalue weighted by atomic mass is 9.91. The first kappa shape index (κ1) is 23.0. The predicted octanol–water partition coefficient (Wildman–Crippen LogP) is 3.87. The molecule has 178 valence electrons. The number of carbonyl (C=O) groups excluding carboxylic acids is 2. The monoisotopic (exact) mass is 465 g/mol. The van der Waals surface area contributed by atoms with Crippen LogP contribution in [0.15, 0.2) is 59.2 Å². The number of nitrogens with zero attached hydrogens (tertiary/aromatic N) is 1. The van der Waals surface area contributed by atoms with E-state index in [1.54, 1.807) is 50.5 Å². The molecule has 0 spiro atoms. The molecule has 0 aliphatic carbocycles. The number of anilines is 1. The van der Waals surface area contributed by atoms with Crippen LogP contribution in [0, 0.1) is 0 Å². The van der Waals surface area contributed by atoms with E-state index in [-0.39, 0.29) is 24.2 Å². The van der Waals surface area contributed by atoms with Crippen LogP contribution in [-0.2, 0) is 6.42 Å². The Hall–Kier alpha value is -4.14. The van der Waals surface area contributed by atoms with Crippen molar-refractivity contribution in [1.29, 1.82) is 0 Å². The number of benzene rings is 2. The molecule has 1 atom stereocenters. The van der Waals surface area contributed by atoms with Gasteiger partial charge in [0.15, 0.2) is 17.3 Å². The second-order valence-electron chi connectivity index (χ2n) is 7.68. The molecular formula is C25H27N3O6. The van der Waals surface area contributed by atoms with Crippen molar-refractivity contribution in [3.63, 3.8) is 0 Å². The minimum Gasteiger partial charge on any atom is -0.495 e. The molecule has 3 amide bonds. The maximum atomic E-state index is 13.4. The lowest BCUT2D eigenvalue weighted by molar-refractivity contribution is 0.0909. The number of ether oxygens (including phenoxy) is 3. The number of amides is 3. The van der Waals surface area contributed by atoms with Crippen LogP contribution in [0.25, 0.3) is 0 Å². The van der Waals surface area contributed by atoms with Gasteiger partial charge in [0.2, 0.25) is 0 Å². The largest absolute Gasteiger partial charge is 0.495 e. The highest BCUT2D eigenvalue weighted by molar-refractivity contribution is 5.92. The average Bonchev–Trinajstić information content (AvgIpc) is 3.41. The number of urea groups is 1. The van der Waals surface area contributed by atoms with Crippen molar-refractivity contribution in [3.05, 3.63) is 71.7 Å². The fourth-order valence-electron chi connectivity index (χ4n) is 4.11. The molecule has 0 saturated carbocycles. The van der Waals surface area contributed by atoms with Crippen LogP contribution in [-0.4, -0.2) is 51.3 Å². The summed E-state index contributed by atoms with van der Waals surface area (Å²) in [6.07, 6.45) is 2.06. The van der Waals surface area contributed by atoms with E-state index in [1.165, 1.54) is 6.26 Å². The highest BCUT2D eigenvalue weighted by Crippen LogP contribution is 2.38. The third-order valence-electron chi connectivity index (χ3n) is 5.81. The minimum absolute atomic E-state index is 0.182. The standard InChI is InChI=1S/C25H27N3O6/c1-31-20-8-5-4-7-18(20)27-25(30)28-11-10-16-13-22(32-2)23(33-3)14-17(16)19(28)15-26-24(29)21-9-6-12-34-21/h4-9,12-14,19H,10-11,15H2,1-3H3,(H,26,29)(H,27,30). The lowest BCUT2D eigenvalue weighted by Gasteiger charge is -2.38. The summed E-state index contributed by atoms with van der Waals surface area (Å²) in [5.74, 6) is 1.57. The Labute approximate surface area is 197 Å². The summed E-state index contributed by atoms with van der Waals surface area (Å²) in [7, 11) is 4.70. The lowest BCUT2D eigenvalue weighted by Crippen LogP contribution is -2.46. The van der Waals surface area contributed by atoms with Gasteiger partial charge in [-0.05, 0) is 53.9 Å². The number of methoxy groups -OCH3 is 3. The molecule has 4 rings (SSSR count). The van der Waals surface area contributed by atoms with E-state index in [0.29, 0.717) is 35.9 Å². The fourth-order valence-corrected chi connectivity index (χ4v) is 4.11. The van der Waals surface area contributed by atoms with Crippen molar-refractivity contribution in [1.82, 2.24) is 10.2 Å². The molecule has 1 aromatic heterocycles. The number of para-hydroxylation sites is 2. The summed E-state index contributed by atoms with van der Waals surface area (Å²) in [4.78, 5) is 27.6. The second kappa shape index (κ2) is 10.2. The normalized spacial score (nSPS) is 14.7. The molecule has 1 aliphatic heterocycles. The molecule has 1 unspecified atom stereocenters. The van der Waals surface area contributed by atoms with Crippen LogP contribution in [0.5, 0.6) is 17.2 Å². The van der Waals surface area contributed by atoms with Crippen LogP contribution in [0.1, 0.15) is 27.7 Å². The highest BCUT2D eigenvalue weighted by atomic mass is 16.5. The molecule has 0 fully saturated rings. The zero-order valence-electron chi connectivity index (χ0n) is 19.3. The molecule has 2 N–H and O–H groups in total. The van der Waals surface area contributed by atoms with Crippen LogP contribution >= 0.6 is 0 Å². The van der Waals surface area contributed by atoms with Gasteiger partial charge in [-0.15, -0.1) is 0 Å². The van der Waals surface area contributed by atoms with E-state index >= 15 is 0 Å². The van der Waals surface area contributed by atoms with Crippen molar-refractivity contribution in [3.8, 4) is 17.2 Å². The van der Waals surface area contributed by atoms with Gasteiger partial charge in [-0.25, -0.2) is 4.79 Å². The van der Waals surface area contributed by atoms with Gasteiger partial charge in [-0.1, -0.05) is 12.1 Å². The SMILES string of the molecule is COc1ccccc1NC(=O)N1CCc2cc(OC)c(OC)cc2C1CNC(=O)c1ccco1. The van der Waals surface area contributed by atoms with Crippen molar-refractivity contribution >= 4 is 17.6 Å². The van der Waals surface area contributed by atoms with Crippen molar-refractivity contribution < 1.29 is 28.2 Å². The van der Waals surface area contributed by atoms with Gasteiger partial charge in [0, 0.05) is 13.1 Å². The van der Waals surface area contributed by atoms with E-state index in [1.807, 2.05) is 24.3 Å². The molecule has 2 heterocycles. The summed E-state index contributed by atoms with van der Waals surface area (Å²) in [5, 5.41) is 5.82. The van der Waals surface area contributed by atoms with Gasteiger partial charge in [0.25, 0.3) is 5.91 Å². The number of rotatable bonds is 7. The molecule has 9 nitrogen and oxygen atoms in total. The maximum absolute atomic E-state index is 13.4. The molecular weight excluding hydrogens is 438 g/mol. The van der Waals surface area contributed by atoms with Crippen molar-refractivity contribution in [2.45, 2.75) is 12.5 Å². The fraction of sp³-hybridized carbons (Fsp3) is 0.280. The molecule has 9 heteroatoms. The van der Waals surface area contributed by atoms with E-state index in [9.17, 15) is 9.59 Å². The quantitative estimate of drug-likeness (QED) is 0.549. The van der Waals surface area contributed by atoms with Crippen LogP contribution in [0.2, 0.25) is 0 Å². The van der Waals surface area contributed by atoms with Gasteiger partial charge >= 0.3 is 6.03 Å². The van der Waals surface area contributed by atoms with Gasteiger partial charge in [-0.2, -0.15) is 0 Å². The van der Waals surface area contributed by atoms with Gasteiger partial charge in [0.05, 0.1) is 39.3 Å². The van der Waals surface area contributed by atoms with E-state index in [4.69, 9.17) is 18.6 Å². The Kier molecular flexibility index (Phi) is 6.91. The Morgan fingerprint density at radius 2 is 1.74 bits per heavy atom. The molecule has 0 radical (unpaired) electrons. The van der Waals surface area contributed by atoms with Gasteiger partial charge < -0.3 is 34.2 Å². The van der Waals surface area contributed by atoms with E-state index in [2.05, 4.69) is 10.6 Å². The summed E-state index contributed by atoms with van der Waals surface area (Å²) >= 11 is 0. The molecule has 34 heavy (non-hydrogen) atoms. The number of hydrogen-bond acceptors (Lipinski definition) is 6. The van der Waals surface area contributed by atoms with Crippen LogP contribution < -0.4 is 24.8 Å². The Balaban J connectivity index is 1.64. The summed E-state index contributed by atoms with van der Waals surface area (Å²) in [6.45, 7) is 0.631. The maximum Gasteiger partial charge on any atom is 0.322 e. The Morgan fingerprint density at radius 1 is 1.00 bits per heavy atom. The number of nitrogens with one attached hydrogen (secondary N) is 2. The van der Waals surface area contributed by atoms with E-state index in [0.717, 1.165) is 11.1 Å². The summed E-state index contributed by atoms with van der Waals surface area (Å²) < 4.78 is 21.5. The van der Waals surface area contributed by atoms with Crippen molar-refractivity contribution in [2.24, 2.45) is 0 Å². The summed E-state index contributed by atoms with van der Waals surface area (Å²) in [6, 6.07) is 13.5. The Morgan fingerprint density at radius 3 is 2.44 bits per heavy atom. The predicted molar refractivity (Wildman–Crippen MR) is 126 cm³/mol. The molecule has 3 aromatic rings. The first-order chi connectivity index (χ1) is 16.5. The van der Waals surface area contributed by atoms with Crippen LogP contribution in [0.4, 0.5) is 10.5 Å². The number of hydrogen-bond donors (Lipinski definition) is 2. The third kappa shape index (κ3) is 4.63. The highest BCUT2D eigenvalue weighted by Gasteiger charge is 2.33. The second-order valence-corrected chi connectivity index (χ2v) is 7.68. The van der Waals surface area contributed by atoms with Gasteiger partial charge in [0.1, 0.15) is 5.75 Å². The molecule has 2 aromatic carbocycles. The van der Waals surface area contributed by atoms with E-state index < -0.39 is 6.04 Å². The molecule has 0 saturated heterocycles. The number of carbonyl (C=O) groups is 2. The summed E-state index contributed by atoms with van der Waals surface area (Å²) in [5.41, 5.74) is 2.46. The molecule has 1 aliphatic rings. The zero-order chi connectivity index (χ0) is 24.1. The van der Waals surface area contributed by atoms with Gasteiger partial charge in [-0.3, -0.25) is 4.79 Å². The average molecular weight is 466 g/mol. The number of furan rings is 1. The van der Waals surface area contributed by atoms with Crippen LogP contribution in [0.3, 0.4) is 0 Å². The van der Waals surface area contributed by atoms with Crippen molar-refractivity contribution in [2.75, 3.05) is 39.7 Å². The topological polar surface area (TPSA) is 102 Å². The smallest absolute Gasteiger partial charge is 0.322 e. The first-order valence-electron chi connectivity index (χ1n) is 10.8. The first-order valence-corrected chi connectivity index (χ1v) is 10.8. The zero-order valence-corrected chi connectivity index (χ0v) is 19.3. The minimum atomic E-state index is -0.447. The number of fused-ring (bicyclic) bond motifs is 1. The Bertz CT molecular complexity index is 1160.